The number of aromatic nitrogens is 2. The van der Waals surface area contributed by atoms with Gasteiger partial charge < -0.3 is 14.8 Å². The second kappa shape index (κ2) is 9.36. The Morgan fingerprint density at radius 2 is 1.81 bits per heavy atom. The fraction of sp³-hybridized carbons (Fsp3) is 0.238. The minimum Gasteiger partial charge on any atom is -0.486 e. The first-order valence-corrected chi connectivity index (χ1v) is 11.3. The van der Waals surface area contributed by atoms with Crippen LogP contribution in [0.5, 0.6) is 11.5 Å². The largest absolute Gasteiger partial charge is 0.486 e. The Morgan fingerprint density at radius 3 is 2.61 bits per heavy atom. The predicted octanol–water partition coefficient (Wildman–Crippen LogP) is 3.91. The van der Waals surface area contributed by atoms with Gasteiger partial charge in [0.1, 0.15) is 13.2 Å². The first kappa shape index (κ1) is 21.1. The molecule has 160 valence electrons. The number of benzene rings is 2. The molecule has 1 aromatic heterocycles. The van der Waals surface area contributed by atoms with Gasteiger partial charge in [0.15, 0.2) is 15.8 Å². The van der Waals surface area contributed by atoms with Gasteiger partial charge in [-0.3, -0.25) is 14.9 Å². The van der Waals surface area contributed by atoms with Gasteiger partial charge in [-0.1, -0.05) is 29.2 Å². The molecule has 2 heterocycles. The van der Waals surface area contributed by atoms with Crippen LogP contribution < -0.4 is 20.1 Å². The van der Waals surface area contributed by atoms with Gasteiger partial charge in [0.25, 0.3) is 5.91 Å². The Morgan fingerprint density at radius 1 is 1.00 bits per heavy atom. The monoisotopic (exact) mass is 456 g/mol. The Bertz CT molecular complexity index is 1130. The van der Waals surface area contributed by atoms with Gasteiger partial charge in [0, 0.05) is 17.3 Å². The molecule has 0 unspecified atom stereocenters. The molecule has 0 fully saturated rings. The van der Waals surface area contributed by atoms with Crippen molar-refractivity contribution in [3.63, 3.8) is 0 Å². The number of carbonyl (C=O) groups excluding carboxylic acids is 2. The summed E-state index contributed by atoms with van der Waals surface area (Å²) in [6.45, 7) is 4.96. The van der Waals surface area contributed by atoms with Gasteiger partial charge in [0.2, 0.25) is 11.0 Å². The summed E-state index contributed by atoms with van der Waals surface area (Å²) in [5.74, 6) is 1.02. The molecule has 0 atom stereocenters. The fourth-order valence-corrected chi connectivity index (χ4v) is 4.36. The van der Waals surface area contributed by atoms with Crippen LogP contribution in [0.15, 0.2) is 40.7 Å². The lowest BCUT2D eigenvalue weighted by molar-refractivity contribution is -0.113. The van der Waals surface area contributed by atoms with E-state index in [9.17, 15) is 9.59 Å². The van der Waals surface area contributed by atoms with E-state index >= 15 is 0 Å². The number of rotatable bonds is 6. The first-order chi connectivity index (χ1) is 15.0. The molecule has 0 aliphatic carbocycles. The summed E-state index contributed by atoms with van der Waals surface area (Å²) in [5.41, 5.74) is 3.37. The third-order valence-electron chi connectivity index (χ3n) is 4.55. The lowest BCUT2D eigenvalue weighted by atomic mass is 10.1. The summed E-state index contributed by atoms with van der Waals surface area (Å²) in [5, 5.41) is 14.0. The van der Waals surface area contributed by atoms with E-state index in [0.29, 0.717) is 45.4 Å². The Labute approximate surface area is 187 Å². The highest BCUT2D eigenvalue weighted by molar-refractivity contribution is 8.01. The zero-order valence-electron chi connectivity index (χ0n) is 16.9. The van der Waals surface area contributed by atoms with Crippen LogP contribution in [-0.4, -0.2) is 41.0 Å². The molecule has 31 heavy (non-hydrogen) atoms. The van der Waals surface area contributed by atoms with Gasteiger partial charge >= 0.3 is 0 Å². The number of thioether (sulfide) groups is 1. The maximum atomic E-state index is 12.4. The summed E-state index contributed by atoms with van der Waals surface area (Å²) >= 11 is 2.47. The van der Waals surface area contributed by atoms with Crippen LogP contribution in [0.3, 0.4) is 0 Å². The average molecular weight is 457 g/mol. The summed E-state index contributed by atoms with van der Waals surface area (Å²) in [7, 11) is 0. The highest BCUT2D eigenvalue weighted by Gasteiger charge is 2.15. The number of anilines is 2. The van der Waals surface area contributed by atoms with E-state index in [-0.39, 0.29) is 17.6 Å². The molecule has 4 rings (SSSR count). The Kier molecular flexibility index (Phi) is 6.38. The number of amides is 2. The van der Waals surface area contributed by atoms with Gasteiger partial charge in [-0.2, -0.15) is 0 Å². The maximum Gasteiger partial charge on any atom is 0.257 e. The van der Waals surface area contributed by atoms with E-state index in [4.69, 9.17) is 9.47 Å². The van der Waals surface area contributed by atoms with Gasteiger partial charge in [-0.15, -0.1) is 10.2 Å². The van der Waals surface area contributed by atoms with Crippen molar-refractivity contribution >= 4 is 45.7 Å². The smallest absolute Gasteiger partial charge is 0.257 e. The summed E-state index contributed by atoms with van der Waals surface area (Å²) in [4.78, 5) is 24.7. The second-order valence-corrected chi connectivity index (χ2v) is 9.02. The molecular weight excluding hydrogens is 436 g/mol. The topological polar surface area (TPSA) is 102 Å². The van der Waals surface area contributed by atoms with Crippen molar-refractivity contribution in [2.24, 2.45) is 0 Å². The van der Waals surface area contributed by atoms with Crippen molar-refractivity contribution < 1.29 is 19.1 Å². The lowest BCUT2D eigenvalue weighted by Crippen LogP contribution is -2.17. The van der Waals surface area contributed by atoms with Crippen LogP contribution in [0.25, 0.3) is 0 Å². The summed E-state index contributed by atoms with van der Waals surface area (Å²) < 4.78 is 11.6. The number of carbonyl (C=O) groups is 2. The molecule has 0 saturated heterocycles. The molecule has 2 aromatic carbocycles. The van der Waals surface area contributed by atoms with Crippen LogP contribution in [-0.2, 0) is 4.79 Å². The van der Waals surface area contributed by atoms with Crippen LogP contribution in [0, 0.1) is 13.8 Å². The number of nitrogens with zero attached hydrogens (tertiary/aromatic N) is 2. The Hall–Kier alpha value is -3.11. The zero-order valence-corrected chi connectivity index (χ0v) is 18.6. The molecule has 1 aliphatic rings. The van der Waals surface area contributed by atoms with Crippen LogP contribution in [0.2, 0.25) is 0 Å². The van der Waals surface area contributed by atoms with Crippen molar-refractivity contribution in [3.8, 4) is 11.5 Å². The SMILES string of the molecule is Cc1ccc(C(=O)Nc2nnc(SCC(=O)Nc3ccc4c(c3)OCCO4)s2)cc1C. The predicted molar refractivity (Wildman–Crippen MR) is 121 cm³/mol. The standard InChI is InChI=1S/C21H20N4O4S2/c1-12-3-4-14(9-13(12)2)19(27)23-20-24-25-21(31-20)30-11-18(26)22-15-5-6-16-17(10-15)29-8-7-28-16/h3-6,9-10H,7-8,11H2,1-2H3,(H,22,26)(H,23,24,27). The molecule has 0 saturated carbocycles. The molecule has 8 nitrogen and oxygen atoms in total. The second-order valence-electron chi connectivity index (χ2n) is 6.82. The van der Waals surface area contributed by atoms with E-state index < -0.39 is 0 Å². The quantitative estimate of drug-likeness (QED) is 0.428. The highest BCUT2D eigenvalue weighted by atomic mass is 32.2. The molecule has 0 spiro atoms. The first-order valence-electron chi connectivity index (χ1n) is 9.52. The summed E-state index contributed by atoms with van der Waals surface area (Å²) in [6, 6.07) is 10.8. The minimum atomic E-state index is -0.243. The van der Waals surface area contributed by atoms with Gasteiger partial charge in [0.05, 0.1) is 5.75 Å². The van der Waals surface area contributed by atoms with Crippen molar-refractivity contribution in [3.05, 3.63) is 53.1 Å². The van der Waals surface area contributed by atoms with Crippen molar-refractivity contribution in [1.29, 1.82) is 0 Å². The number of hydrogen-bond donors (Lipinski definition) is 2. The fourth-order valence-electron chi connectivity index (χ4n) is 2.82. The molecule has 0 radical (unpaired) electrons. The lowest BCUT2D eigenvalue weighted by Gasteiger charge is -2.18. The molecule has 2 amide bonds. The number of ether oxygens (including phenoxy) is 2. The van der Waals surface area contributed by atoms with Crippen molar-refractivity contribution in [2.75, 3.05) is 29.6 Å². The molecule has 3 aromatic rings. The van der Waals surface area contributed by atoms with E-state index in [1.807, 2.05) is 26.0 Å². The third kappa shape index (κ3) is 5.33. The number of aryl methyl sites for hydroxylation is 2. The number of hydrogen-bond acceptors (Lipinski definition) is 8. The van der Waals surface area contributed by atoms with Crippen LogP contribution in [0.1, 0.15) is 21.5 Å². The van der Waals surface area contributed by atoms with E-state index in [1.165, 1.54) is 23.1 Å². The normalized spacial score (nSPS) is 12.3. The van der Waals surface area contributed by atoms with Crippen molar-refractivity contribution in [1.82, 2.24) is 10.2 Å². The van der Waals surface area contributed by atoms with Crippen molar-refractivity contribution in [2.45, 2.75) is 18.2 Å². The number of fused-ring (bicyclic) bond motifs is 1. The van der Waals surface area contributed by atoms with E-state index in [0.717, 1.165) is 11.1 Å². The molecule has 10 heteroatoms. The molecular formula is C21H20N4O4S2. The number of nitrogens with one attached hydrogen (secondary N) is 2. The minimum absolute atomic E-state index is 0.161. The zero-order chi connectivity index (χ0) is 21.8. The van der Waals surface area contributed by atoms with E-state index in [1.54, 1.807) is 24.3 Å². The molecule has 1 aliphatic heterocycles. The van der Waals surface area contributed by atoms with Gasteiger partial charge in [-0.25, -0.2) is 0 Å². The Balaban J connectivity index is 1.29. The summed E-state index contributed by atoms with van der Waals surface area (Å²) in [6.07, 6.45) is 0. The third-order valence-corrected chi connectivity index (χ3v) is 6.52. The van der Waals surface area contributed by atoms with Crippen LogP contribution in [0.4, 0.5) is 10.8 Å². The van der Waals surface area contributed by atoms with E-state index in [2.05, 4.69) is 20.8 Å². The average Bonchev–Trinajstić information content (AvgIpc) is 3.21. The highest BCUT2D eigenvalue weighted by Crippen LogP contribution is 2.33. The molecule has 0 bridgehead atoms. The molecule has 2 N–H and O–H groups in total. The van der Waals surface area contributed by atoms with Crippen LogP contribution >= 0.6 is 23.1 Å². The van der Waals surface area contributed by atoms with Gasteiger partial charge in [-0.05, 0) is 49.2 Å². The maximum absolute atomic E-state index is 12.4.